The first kappa shape index (κ1) is 22.4. The molecule has 1 aromatic carbocycles. The van der Waals surface area contributed by atoms with E-state index in [4.69, 9.17) is 18.9 Å². The quantitative estimate of drug-likeness (QED) is 0.479. The second-order valence-electron chi connectivity index (χ2n) is 8.89. The summed E-state index contributed by atoms with van der Waals surface area (Å²) in [6, 6.07) is 8.96. The number of anilines is 2. The van der Waals surface area contributed by atoms with Gasteiger partial charge in [-0.15, -0.1) is 0 Å². The van der Waals surface area contributed by atoms with Crippen LogP contribution in [0.25, 0.3) is 11.0 Å². The lowest BCUT2D eigenvalue weighted by molar-refractivity contribution is -0.118. The fourth-order valence-electron chi connectivity index (χ4n) is 4.71. The van der Waals surface area contributed by atoms with E-state index in [1.807, 2.05) is 6.07 Å². The Morgan fingerprint density at radius 1 is 1.17 bits per heavy atom. The molecule has 3 aromatic rings. The number of carbonyl (C=O) groups excluding carboxylic acids is 2. The van der Waals surface area contributed by atoms with Crippen molar-refractivity contribution >= 4 is 34.4 Å². The van der Waals surface area contributed by atoms with Crippen LogP contribution in [0.2, 0.25) is 0 Å². The fraction of sp³-hybridized carbons (Fsp3) is 0.360. The SMILES string of the molecule is COc1ccc2ncc3c(c2n1)CC(CNCC[C@@H]1CN(c2ccc4c(c2)NC(=O)CO4)C(=O)O1)O3. The molecule has 3 aliphatic rings. The average Bonchev–Trinajstić information content (AvgIpc) is 3.48. The van der Waals surface area contributed by atoms with E-state index in [9.17, 15) is 9.59 Å². The van der Waals surface area contributed by atoms with Crippen LogP contribution >= 0.6 is 0 Å². The van der Waals surface area contributed by atoms with Gasteiger partial charge in [0, 0.05) is 30.3 Å². The summed E-state index contributed by atoms with van der Waals surface area (Å²) in [6.07, 6.45) is 2.47. The van der Waals surface area contributed by atoms with Crippen molar-refractivity contribution in [2.75, 3.05) is 43.6 Å². The molecule has 11 nitrogen and oxygen atoms in total. The molecule has 2 N–H and O–H groups in total. The van der Waals surface area contributed by atoms with Gasteiger partial charge in [0.1, 0.15) is 23.7 Å². The van der Waals surface area contributed by atoms with Gasteiger partial charge in [0.15, 0.2) is 6.61 Å². The number of fused-ring (bicyclic) bond motifs is 4. The van der Waals surface area contributed by atoms with Crippen molar-refractivity contribution < 1.29 is 28.5 Å². The molecule has 5 heterocycles. The number of cyclic esters (lactones) is 1. The standard InChI is InChI=1S/C25H25N5O6/c1-33-23-5-3-18-24(29-23)17-9-16(35-21(17)11-27-18)10-26-7-6-15-12-30(25(32)36-15)14-2-4-20-19(8-14)28-22(31)13-34-20/h2-5,8,11,15-16,26H,6-7,9-10,12-13H2,1H3,(H,28,31)/t15-,16?/m1/s1. The third kappa shape index (κ3) is 4.22. The molecule has 186 valence electrons. The molecular weight excluding hydrogens is 466 g/mol. The summed E-state index contributed by atoms with van der Waals surface area (Å²) in [6.45, 7) is 1.74. The summed E-state index contributed by atoms with van der Waals surface area (Å²) < 4.78 is 22.3. The van der Waals surface area contributed by atoms with Crippen LogP contribution in [-0.4, -0.2) is 67.5 Å². The lowest BCUT2D eigenvalue weighted by atomic mass is 10.1. The summed E-state index contributed by atoms with van der Waals surface area (Å²) in [5.74, 6) is 1.67. The monoisotopic (exact) mass is 491 g/mol. The molecule has 2 amide bonds. The van der Waals surface area contributed by atoms with Crippen LogP contribution in [0.3, 0.4) is 0 Å². The van der Waals surface area contributed by atoms with E-state index in [0.717, 1.165) is 28.8 Å². The molecule has 3 aliphatic heterocycles. The van der Waals surface area contributed by atoms with Crippen molar-refractivity contribution in [1.82, 2.24) is 15.3 Å². The van der Waals surface area contributed by atoms with Crippen molar-refractivity contribution in [3.05, 3.63) is 42.1 Å². The summed E-state index contributed by atoms with van der Waals surface area (Å²) in [5.41, 5.74) is 3.87. The van der Waals surface area contributed by atoms with E-state index in [1.54, 1.807) is 42.5 Å². The molecule has 1 saturated heterocycles. The molecule has 2 atom stereocenters. The van der Waals surface area contributed by atoms with E-state index in [1.165, 1.54) is 0 Å². The van der Waals surface area contributed by atoms with Crippen LogP contribution in [-0.2, 0) is 16.0 Å². The van der Waals surface area contributed by atoms with Gasteiger partial charge >= 0.3 is 6.09 Å². The van der Waals surface area contributed by atoms with Crippen molar-refractivity contribution in [1.29, 1.82) is 0 Å². The van der Waals surface area contributed by atoms with E-state index in [2.05, 4.69) is 20.6 Å². The summed E-state index contributed by atoms with van der Waals surface area (Å²) in [4.78, 5) is 34.6. The number of carbonyl (C=O) groups is 2. The van der Waals surface area contributed by atoms with Crippen LogP contribution < -0.4 is 29.7 Å². The highest BCUT2D eigenvalue weighted by molar-refractivity contribution is 5.97. The van der Waals surface area contributed by atoms with Gasteiger partial charge in [-0.05, 0) is 37.2 Å². The van der Waals surface area contributed by atoms with Crippen molar-refractivity contribution in [3.63, 3.8) is 0 Å². The predicted octanol–water partition coefficient (Wildman–Crippen LogP) is 2.28. The van der Waals surface area contributed by atoms with E-state index >= 15 is 0 Å². The Bertz CT molecular complexity index is 1350. The first-order chi connectivity index (χ1) is 17.6. The minimum atomic E-state index is -0.403. The fourth-order valence-corrected chi connectivity index (χ4v) is 4.71. The highest BCUT2D eigenvalue weighted by Crippen LogP contribution is 2.35. The van der Waals surface area contributed by atoms with Gasteiger partial charge in [0.05, 0.1) is 36.6 Å². The Kier molecular flexibility index (Phi) is 5.68. The number of pyridine rings is 2. The lowest BCUT2D eigenvalue weighted by Gasteiger charge is -2.20. The molecule has 0 saturated carbocycles. The highest BCUT2D eigenvalue weighted by Gasteiger charge is 2.33. The number of ether oxygens (including phenoxy) is 4. The van der Waals surface area contributed by atoms with E-state index in [-0.39, 0.29) is 24.7 Å². The zero-order chi connectivity index (χ0) is 24.6. The molecule has 11 heteroatoms. The maximum atomic E-state index is 12.5. The first-order valence-corrected chi connectivity index (χ1v) is 11.8. The van der Waals surface area contributed by atoms with Crippen molar-refractivity contribution in [2.24, 2.45) is 0 Å². The molecule has 1 fully saturated rings. The average molecular weight is 492 g/mol. The summed E-state index contributed by atoms with van der Waals surface area (Å²) in [7, 11) is 1.59. The normalized spacial score (nSPS) is 20.3. The van der Waals surface area contributed by atoms with E-state index in [0.29, 0.717) is 49.1 Å². The minimum Gasteiger partial charge on any atom is -0.487 e. The molecular formula is C25H25N5O6. The Morgan fingerprint density at radius 2 is 2.08 bits per heavy atom. The summed E-state index contributed by atoms with van der Waals surface area (Å²) >= 11 is 0. The molecule has 0 bridgehead atoms. The maximum Gasteiger partial charge on any atom is 0.414 e. The number of aromatic nitrogens is 2. The van der Waals surface area contributed by atoms with E-state index < -0.39 is 6.09 Å². The van der Waals surface area contributed by atoms with Crippen molar-refractivity contribution in [2.45, 2.75) is 25.0 Å². The zero-order valence-corrected chi connectivity index (χ0v) is 19.7. The molecule has 6 rings (SSSR count). The Balaban J connectivity index is 1.01. The number of hydrogen-bond acceptors (Lipinski definition) is 9. The van der Waals surface area contributed by atoms with Crippen molar-refractivity contribution in [3.8, 4) is 17.4 Å². The molecule has 0 radical (unpaired) electrons. The van der Waals surface area contributed by atoms with Gasteiger partial charge in [0.2, 0.25) is 5.88 Å². The highest BCUT2D eigenvalue weighted by atomic mass is 16.6. The van der Waals surface area contributed by atoms with Gasteiger partial charge in [-0.3, -0.25) is 14.7 Å². The third-order valence-corrected chi connectivity index (χ3v) is 6.48. The predicted molar refractivity (Wildman–Crippen MR) is 130 cm³/mol. The van der Waals surface area contributed by atoms with Crippen LogP contribution in [0.5, 0.6) is 17.4 Å². The molecule has 0 aliphatic carbocycles. The zero-order valence-electron chi connectivity index (χ0n) is 19.7. The Labute approximate surface area is 206 Å². The number of hydrogen-bond donors (Lipinski definition) is 2. The third-order valence-electron chi connectivity index (χ3n) is 6.48. The Hall–Kier alpha value is -4.12. The van der Waals surface area contributed by atoms with Gasteiger partial charge in [-0.1, -0.05) is 0 Å². The van der Waals surface area contributed by atoms with Crippen LogP contribution in [0.4, 0.5) is 16.2 Å². The number of benzene rings is 1. The smallest absolute Gasteiger partial charge is 0.414 e. The second kappa shape index (κ2) is 9.15. The topological polar surface area (TPSA) is 124 Å². The molecule has 0 spiro atoms. The number of amides is 2. The van der Waals surface area contributed by atoms with Crippen LogP contribution in [0, 0.1) is 0 Å². The van der Waals surface area contributed by atoms with Crippen LogP contribution in [0.15, 0.2) is 36.5 Å². The Morgan fingerprint density at radius 3 is 2.97 bits per heavy atom. The molecule has 1 unspecified atom stereocenters. The summed E-state index contributed by atoms with van der Waals surface area (Å²) in [5, 5.41) is 6.17. The number of nitrogens with zero attached hydrogens (tertiary/aromatic N) is 3. The van der Waals surface area contributed by atoms with Gasteiger partial charge in [-0.25, -0.2) is 9.78 Å². The maximum absolute atomic E-state index is 12.5. The lowest BCUT2D eigenvalue weighted by Crippen LogP contribution is -2.32. The minimum absolute atomic E-state index is 0.00964. The molecule has 2 aromatic heterocycles. The van der Waals surface area contributed by atoms with Gasteiger partial charge in [-0.2, -0.15) is 0 Å². The number of rotatable bonds is 7. The first-order valence-electron chi connectivity index (χ1n) is 11.8. The molecule has 36 heavy (non-hydrogen) atoms. The van der Waals surface area contributed by atoms with Gasteiger partial charge in [0.25, 0.3) is 5.91 Å². The van der Waals surface area contributed by atoms with Crippen LogP contribution in [0.1, 0.15) is 12.0 Å². The number of nitrogens with one attached hydrogen (secondary N) is 2. The largest absolute Gasteiger partial charge is 0.487 e. The number of methoxy groups -OCH3 is 1. The van der Waals surface area contributed by atoms with Gasteiger partial charge < -0.3 is 29.6 Å². The second-order valence-corrected chi connectivity index (χ2v) is 8.89.